The molecule has 1 amide bonds. The molecular formula is C18H17ClF3N7O. The van der Waals surface area contributed by atoms with Crippen molar-refractivity contribution in [3.63, 3.8) is 0 Å². The number of halogens is 4. The zero-order valence-corrected chi connectivity index (χ0v) is 16.4. The van der Waals surface area contributed by atoms with E-state index in [2.05, 4.69) is 20.5 Å². The summed E-state index contributed by atoms with van der Waals surface area (Å²) >= 11 is 5.62. The largest absolute Gasteiger partial charge is 0.417 e. The molecule has 30 heavy (non-hydrogen) atoms. The molecule has 1 aromatic carbocycles. The number of benzene rings is 1. The molecule has 1 aliphatic heterocycles. The highest BCUT2D eigenvalue weighted by molar-refractivity contribution is 6.31. The van der Waals surface area contributed by atoms with E-state index in [1.165, 1.54) is 16.9 Å². The molecule has 8 nitrogen and oxygen atoms in total. The van der Waals surface area contributed by atoms with Gasteiger partial charge in [0.2, 0.25) is 5.91 Å². The van der Waals surface area contributed by atoms with Crippen molar-refractivity contribution in [3.8, 4) is 0 Å². The van der Waals surface area contributed by atoms with Gasteiger partial charge in [-0.3, -0.25) is 4.79 Å². The minimum Gasteiger partial charge on any atom is -0.338 e. The standard InChI is InChI=1S/C18H17ClF3N7O/c19-16-3-1-12(7-15(16)18(20,21)22)2-4-17(30)27-10-14(11-27)28-8-13(25-26-28)9-29-23-5-6-24-29/h1,3,5-8,14H,2,4,9-11H2. The number of aryl methyl sites for hydroxylation is 1. The Morgan fingerprint density at radius 3 is 2.63 bits per heavy atom. The maximum atomic E-state index is 12.9. The third kappa shape index (κ3) is 4.45. The normalized spacial score (nSPS) is 14.7. The molecule has 158 valence electrons. The van der Waals surface area contributed by atoms with Gasteiger partial charge in [0, 0.05) is 19.5 Å². The lowest BCUT2D eigenvalue weighted by atomic mass is 10.0. The highest BCUT2D eigenvalue weighted by atomic mass is 35.5. The number of aromatic nitrogens is 6. The van der Waals surface area contributed by atoms with Gasteiger partial charge >= 0.3 is 6.18 Å². The first kappa shape index (κ1) is 20.3. The smallest absolute Gasteiger partial charge is 0.338 e. The van der Waals surface area contributed by atoms with Crippen molar-refractivity contribution in [1.29, 1.82) is 0 Å². The van der Waals surface area contributed by atoms with Crippen LogP contribution in [0.15, 0.2) is 36.8 Å². The number of hydrogen-bond acceptors (Lipinski definition) is 5. The monoisotopic (exact) mass is 439 g/mol. The third-order valence-electron chi connectivity index (χ3n) is 4.88. The van der Waals surface area contributed by atoms with Crippen LogP contribution in [0, 0.1) is 0 Å². The fraction of sp³-hybridized carbons (Fsp3) is 0.389. The molecule has 12 heteroatoms. The maximum absolute atomic E-state index is 12.9. The van der Waals surface area contributed by atoms with E-state index in [-0.39, 0.29) is 29.8 Å². The van der Waals surface area contributed by atoms with E-state index in [4.69, 9.17) is 11.6 Å². The lowest BCUT2D eigenvalue weighted by Crippen LogP contribution is -2.51. The average Bonchev–Trinajstić information content (AvgIpc) is 3.31. The molecule has 4 rings (SSSR count). The second-order valence-corrected chi connectivity index (χ2v) is 7.42. The van der Waals surface area contributed by atoms with Crippen LogP contribution in [0.3, 0.4) is 0 Å². The zero-order valence-electron chi connectivity index (χ0n) is 15.6. The first-order valence-electron chi connectivity index (χ1n) is 9.18. The van der Waals surface area contributed by atoms with Crippen LogP contribution in [0.2, 0.25) is 5.02 Å². The molecule has 0 N–H and O–H groups in total. The Labute approximate surface area is 174 Å². The van der Waals surface area contributed by atoms with Gasteiger partial charge in [0.1, 0.15) is 12.2 Å². The van der Waals surface area contributed by atoms with Gasteiger partial charge in [-0.25, -0.2) is 4.68 Å². The van der Waals surface area contributed by atoms with E-state index < -0.39 is 11.7 Å². The van der Waals surface area contributed by atoms with Gasteiger partial charge < -0.3 is 4.90 Å². The summed E-state index contributed by atoms with van der Waals surface area (Å²) in [6, 6.07) is 3.74. The van der Waals surface area contributed by atoms with Gasteiger partial charge in [0.05, 0.1) is 35.2 Å². The van der Waals surface area contributed by atoms with E-state index in [9.17, 15) is 18.0 Å². The number of carbonyl (C=O) groups excluding carboxylic acids is 1. The fourth-order valence-electron chi connectivity index (χ4n) is 3.22. The number of amides is 1. The molecule has 0 aliphatic carbocycles. The quantitative estimate of drug-likeness (QED) is 0.589. The van der Waals surface area contributed by atoms with Gasteiger partial charge in [-0.05, 0) is 24.1 Å². The Kier molecular flexibility index (Phi) is 5.46. The van der Waals surface area contributed by atoms with Crippen LogP contribution in [0.5, 0.6) is 0 Å². The number of nitrogens with zero attached hydrogens (tertiary/aromatic N) is 7. The summed E-state index contributed by atoms with van der Waals surface area (Å²) in [5.41, 5.74) is 0.245. The second kappa shape index (κ2) is 8.05. The molecule has 0 atom stereocenters. The Bertz CT molecular complexity index is 1030. The van der Waals surface area contributed by atoms with E-state index in [1.54, 1.807) is 28.2 Å². The first-order chi connectivity index (χ1) is 14.3. The molecule has 1 saturated heterocycles. The van der Waals surface area contributed by atoms with Crippen LogP contribution in [-0.4, -0.2) is 53.9 Å². The van der Waals surface area contributed by atoms with Gasteiger partial charge in [-0.1, -0.05) is 22.9 Å². The fourth-order valence-corrected chi connectivity index (χ4v) is 3.44. The second-order valence-electron chi connectivity index (χ2n) is 7.01. The highest BCUT2D eigenvalue weighted by Crippen LogP contribution is 2.35. The Balaban J connectivity index is 1.27. The molecular weight excluding hydrogens is 423 g/mol. The molecule has 0 saturated carbocycles. The van der Waals surface area contributed by atoms with Crippen LogP contribution < -0.4 is 0 Å². The summed E-state index contributed by atoms with van der Waals surface area (Å²) in [5, 5.41) is 15.8. The van der Waals surface area contributed by atoms with E-state index >= 15 is 0 Å². The molecule has 1 aliphatic rings. The van der Waals surface area contributed by atoms with Crippen LogP contribution >= 0.6 is 11.6 Å². The number of alkyl halides is 3. The molecule has 0 radical (unpaired) electrons. The first-order valence-corrected chi connectivity index (χ1v) is 9.55. The molecule has 3 heterocycles. The van der Waals surface area contributed by atoms with E-state index in [0.717, 1.165) is 6.07 Å². The minimum atomic E-state index is -4.52. The molecule has 3 aromatic rings. The van der Waals surface area contributed by atoms with Crippen molar-refractivity contribution in [2.75, 3.05) is 13.1 Å². The third-order valence-corrected chi connectivity index (χ3v) is 5.21. The van der Waals surface area contributed by atoms with Crippen LogP contribution in [0.25, 0.3) is 0 Å². The number of carbonyl (C=O) groups is 1. The maximum Gasteiger partial charge on any atom is 0.417 e. The van der Waals surface area contributed by atoms with Gasteiger partial charge in [-0.2, -0.15) is 28.2 Å². The Hall–Kier alpha value is -2.95. The zero-order chi connectivity index (χ0) is 21.3. The summed E-state index contributed by atoms with van der Waals surface area (Å²) in [6.07, 6.45) is 0.763. The van der Waals surface area contributed by atoms with E-state index in [0.29, 0.717) is 30.9 Å². The van der Waals surface area contributed by atoms with Gasteiger partial charge in [0.25, 0.3) is 0 Å². The van der Waals surface area contributed by atoms with Crippen molar-refractivity contribution < 1.29 is 18.0 Å². The lowest BCUT2D eigenvalue weighted by Gasteiger charge is -2.39. The van der Waals surface area contributed by atoms with Crippen LogP contribution in [0.4, 0.5) is 13.2 Å². The molecule has 1 fully saturated rings. The summed E-state index contributed by atoms with van der Waals surface area (Å²) in [5.74, 6) is -0.115. The number of hydrogen-bond donors (Lipinski definition) is 0. The average molecular weight is 440 g/mol. The summed E-state index contributed by atoms with van der Waals surface area (Å²) in [7, 11) is 0. The molecule has 0 spiro atoms. The van der Waals surface area contributed by atoms with Crippen molar-refractivity contribution >= 4 is 17.5 Å². The molecule has 0 unspecified atom stereocenters. The van der Waals surface area contributed by atoms with Crippen molar-refractivity contribution in [2.24, 2.45) is 0 Å². The molecule has 2 aromatic heterocycles. The predicted molar refractivity (Wildman–Crippen MR) is 99.5 cm³/mol. The highest BCUT2D eigenvalue weighted by Gasteiger charge is 2.34. The van der Waals surface area contributed by atoms with Crippen molar-refractivity contribution in [3.05, 3.63) is 58.6 Å². The van der Waals surface area contributed by atoms with Crippen molar-refractivity contribution in [2.45, 2.75) is 31.6 Å². The summed E-state index contributed by atoms with van der Waals surface area (Å²) in [4.78, 5) is 15.5. The predicted octanol–water partition coefficient (Wildman–Crippen LogP) is 2.61. The Morgan fingerprint density at radius 2 is 1.93 bits per heavy atom. The van der Waals surface area contributed by atoms with Gasteiger partial charge in [-0.15, -0.1) is 5.10 Å². The number of rotatable bonds is 6. The minimum absolute atomic E-state index is 0.0214. The SMILES string of the molecule is O=C(CCc1ccc(Cl)c(C(F)(F)F)c1)N1CC(n2cc(Cn3nccn3)nn2)C1. The van der Waals surface area contributed by atoms with Crippen molar-refractivity contribution in [1.82, 2.24) is 34.9 Å². The van der Waals surface area contributed by atoms with Crippen LogP contribution in [0.1, 0.15) is 29.3 Å². The summed E-state index contributed by atoms with van der Waals surface area (Å²) < 4.78 is 40.6. The van der Waals surface area contributed by atoms with Gasteiger partial charge in [0.15, 0.2) is 0 Å². The lowest BCUT2D eigenvalue weighted by molar-refractivity contribution is -0.137. The summed E-state index contributed by atoms with van der Waals surface area (Å²) in [6.45, 7) is 1.37. The Morgan fingerprint density at radius 1 is 1.20 bits per heavy atom. The number of likely N-dealkylation sites (tertiary alicyclic amines) is 1. The topological polar surface area (TPSA) is 81.7 Å². The molecule has 0 bridgehead atoms. The van der Waals surface area contributed by atoms with E-state index in [1.807, 2.05) is 0 Å². The van der Waals surface area contributed by atoms with Crippen LogP contribution in [-0.2, 0) is 23.9 Å².